The van der Waals surface area contributed by atoms with Crippen LogP contribution in [0.15, 0.2) is 47.8 Å². The van der Waals surface area contributed by atoms with E-state index in [1.54, 1.807) is 6.92 Å². The molecule has 2 unspecified atom stereocenters. The number of hydrogen-bond acceptors (Lipinski definition) is 17. The van der Waals surface area contributed by atoms with E-state index in [4.69, 9.17) is 18.9 Å². The van der Waals surface area contributed by atoms with Crippen LogP contribution in [0.3, 0.4) is 0 Å². The number of carbonyl (C=O) groups is 6. The summed E-state index contributed by atoms with van der Waals surface area (Å²) < 4.78 is 55.6. The topological polar surface area (TPSA) is 276 Å². The van der Waals surface area contributed by atoms with Crippen LogP contribution in [0.2, 0.25) is 0 Å². The molecule has 0 aliphatic heterocycles. The molecule has 22 heteroatoms. The third-order valence-corrected chi connectivity index (χ3v) is 13.1. The van der Waals surface area contributed by atoms with Crippen molar-refractivity contribution in [3.05, 3.63) is 73.6 Å². The number of hydrogen-bond donors (Lipinski definition) is 2. The van der Waals surface area contributed by atoms with Gasteiger partial charge in [-0.05, 0) is 74.3 Å². The highest BCUT2D eigenvalue weighted by atomic mass is 19.1. The van der Waals surface area contributed by atoms with Crippen molar-refractivity contribution >= 4 is 35.6 Å². The van der Waals surface area contributed by atoms with Crippen LogP contribution in [-0.2, 0) is 54.3 Å². The van der Waals surface area contributed by atoms with E-state index in [1.807, 2.05) is 0 Å². The average molecular weight is 908 g/mol. The van der Waals surface area contributed by atoms with Crippen molar-refractivity contribution < 1.29 is 81.5 Å². The number of halogens is 2. The fourth-order valence-corrected chi connectivity index (χ4v) is 10.3. The number of carbonyl (C=O) groups excluding carboxylic acids is 6. The number of nitrogens with zero attached hydrogens (tertiary/aromatic N) is 2. The lowest BCUT2D eigenvalue weighted by molar-refractivity contribution is -0.757. The summed E-state index contributed by atoms with van der Waals surface area (Å²) in [6.45, 7) is 3.94. The molecule has 0 heterocycles. The minimum atomic E-state index is -2.51. The van der Waals surface area contributed by atoms with Gasteiger partial charge in [0.15, 0.2) is 23.7 Å². The Morgan fingerprint density at radius 1 is 0.969 bits per heavy atom. The molecule has 2 N–H and O–H groups in total. The second-order valence-corrected chi connectivity index (χ2v) is 17.0. The molecule has 4 aliphatic rings. The van der Waals surface area contributed by atoms with Crippen LogP contribution in [0.25, 0.3) is 0 Å². The Morgan fingerprint density at radius 3 is 2.25 bits per heavy atom. The lowest BCUT2D eigenvalue weighted by Crippen LogP contribution is -2.70. The summed E-state index contributed by atoms with van der Waals surface area (Å²) in [5, 5.41) is 33.3. The number of fused-ring (bicyclic) bond motifs is 5. The Labute approximate surface area is 365 Å². The van der Waals surface area contributed by atoms with E-state index in [9.17, 15) is 54.1 Å². The van der Waals surface area contributed by atoms with Gasteiger partial charge in [0, 0.05) is 55.3 Å². The van der Waals surface area contributed by atoms with Crippen molar-refractivity contribution in [3.63, 3.8) is 0 Å². The van der Waals surface area contributed by atoms with Crippen LogP contribution in [0.1, 0.15) is 84.6 Å². The first-order valence-corrected chi connectivity index (χ1v) is 20.7. The van der Waals surface area contributed by atoms with Gasteiger partial charge < -0.3 is 39.0 Å². The zero-order valence-corrected chi connectivity index (χ0v) is 35.7. The number of benzene rings is 1. The summed E-state index contributed by atoms with van der Waals surface area (Å²) in [5.74, 6) is -7.51. The smallest absolute Gasteiger partial charge is 0.464 e. The first kappa shape index (κ1) is 49.0. The van der Waals surface area contributed by atoms with Crippen molar-refractivity contribution in [2.75, 3.05) is 26.4 Å². The monoisotopic (exact) mass is 907 g/mol. The first-order chi connectivity index (χ1) is 30.1. The predicted octanol–water partition coefficient (Wildman–Crippen LogP) is 4.53. The van der Waals surface area contributed by atoms with Gasteiger partial charge in [0.1, 0.15) is 17.6 Å². The highest BCUT2D eigenvalue weighted by Crippen LogP contribution is 2.71. The number of nitrogens with one attached hydrogen (secondary N) is 1. The van der Waals surface area contributed by atoms with Gasteiger partial charge in [-0.1, -0.05) is 32.1 Å². The molecule has 0 aromatic heterocycles. The van der Waals surface area contributed by atoms with Gasteiger partial charge in [-0.2, -0.15) is 0 Å². The van der Waals surface area contributed by atoms with Gasteiger partial charge in [0.25, 0.3) is 10.2 Å². The number of aliphatic hydroxyl groups excluding tert-OH is 1. The molecule has 4 aliphatic carbocycles. The standard InChI is InChI=1S/C42H51F2N3O17/c1-24-18-29-30-21-32(43)31-20-27(49)13-14-39(31,3)41(30,44)34(50)22-40(29,4)42(24,64-36(52)8-7-17-62-47(57)58)35(51)23-60-38(54)63-28-11-9-26(10-12-28)19-33(45-25(2)48)37(53)59-15-5-6-16-61-46(55)56/h9-14,24,29-30,33-34,50H,5-8,15-23H2,1-4H3,(H,45,48)/t24-,29?,30?,33+,34+,39+,40+,41+,42+/m1/s1. The fraction of sp³-hybridized carbons (Fsp3) is 0.619. The molecule has 2 saturated carbocycles. The molecule has 0 bridgehead atoms. The van der Waals surface area contributed by atoms with Gasteiger partial charge in [0.05, 0.1) is 25.9 Å². The molecule has 350 valence electrons. The number of ketones is 2. The van der Waals surface area contributed by atoms with Crippen molar-refractivity contribution in [3.8, 4) is 5.75 Å². The molecular formula is C42H51F2N3O17. The third kappa shape index (κ3) is 9.85. The van der Waals surface area contributed by atoms with Crippen LogP contribution in [0, 0.1) is 48.8 Å². The Balaban J connectivity index is 1.30. The van der Waals surface area contributed by atoms with Gasteiger partial charge in [-0.25, -0.2) is 18.4 Å². The van der Waals surface area contributed by atoms with E-state index < -0.39 is 136 Å². The Bertz CT molecular complexity index is 2080. The highest BCUT2D eigenvalue weighted by molar-refractivity contribution is 5.94. The van der Waals surface area contributed by atoms with E-state index in [-0.39, 0.29) is 63.1 Å². The van der Waals surface area contributed by atoms with Crippen LogP contribution >= 0.6 is 0 Å². The van der Waals surface area contributed by atoms with Crippen molar-refractivity contribution in [2.45, 2.75) is 109 Å². The number of ether oxygens (including phenoxy) is 4. The van der Waals surface area contributed by atoms with Gasteiger partial charge in [-0.3, -0.25) is 19.2 Å². The van der Waals surface area contributed by atoms with Crippen LogP contribution in [0.4, 0.5) is 13.6 Å². The molecule has 2 fully saturated rings. The van der Waals surface area contributed by atoms with E-state index in [0.717, 1.165) is 0 Å². The molecule has 20 nitrogen and oxygen atoms in total. The van der Waals surface area contributed by atoms with Crippen LogP contribution in [-0.4, -0.2) is 101 Å². The summed E-state index contributed by atoms with van der Waals surface area (Å²) in [7, 11) is 0. The third-order valence-electron chi connectivity index (χ3n) is 13.1. The Morgan fingerprint density at radius 2 is 1.61 bits per heavy atom. The second-order valence-electron chi connectivity index (χ2n) is 17.0. The van der Waals surface area contributed by atoms with Crippen molar-refractivity contribution in [2.24, 2.45) is 28.6 Å². The number of aliphatic hydroxyl groups is 1. The predicted molar refractivity (Wildman–Crippen MR) is 212 cm³/mol. The SMILES string of the molecule is CC(=O)N[C@@H](Cc1ccc(OC(=O)OCC(=O)[C@@]2(OC(=O)CCCO[N+](=O)[O-])[C@H](C)CC3C4CC(F)=C5CC(=O)C=C[C@]5(C)[C@@]4(F)[C@@H](O)C[C@@]32C)cc1)C(=O)OCCCCO[N+](=O)[O-]. The number of unbranched alkanes of at least 4 members (excludes halogenated alkanes) is 1. The highest BCUT2D eigenvalue weighted by Gasteiger charge is 2.77. The number of Topliss-reactive ketones (excluding diaryl/α,β-unsaturated/α-hetero) is 1. The molecule has 0 radical (unpaired) electrons. The summed E-state index contributed by atoms with van der Waals surface area (Å²) in [5.41, 5.74) is -7.58. The normalized spacial score (nSPS) is 29.5. The molecule has 0 saturated heterocycles. The van der Waals surface area contributed by atoms with Gasteiger partial charge in [-0.15, -0.1) is 20.2 Å². The lowest BCUT2D eigenvalue weighted by atomic mass is 9.45. The first-order valence-electron chi connectivity index (χ1n) is 20.7. The molecule has 9 atom stereocenters. The van der Waals surface area contributed by atoms with E-state index in [0.29, 0.717) is 5.56 Å². The lowest BCUT2D eigenvalue weighted by Gasteiger charge is -2.62. The fourth-order valence-electron chi connectivity index (χ4n) is 10.3. The quantitative estimate of drug-likeness (QED) is 0.0454. The molecule has 64 heavy (non-hydrogen) atoms. The molecule has 0 spiro atoms. The van der Waals surface area contributed by atoms with Crippen molar-refractivity contribution in [1.82, 2.24) is 5.32 Å². The Hall–Kier alpha value is -6.06. The second kappa shape index (κ2) is 19.8. The maximum absolute atomic E-state index is 17.9. The van der Waals surface area contributed by atoms with E-state index in [2.05, 4.69) is 15.0 Å². The summed E-state index contributed by atoms with van der Waals surface area (Å²) in [6.07, 6.45) is -2.31. The molecular weight excluding hydrogens is 856 g/mol. The number of amides is 1. The summed E-state index contributed by atoms with van der Waals surface area (Å²) in [4.78, 5) is 107. The summed E-state index contributed by atoms with van der Waals surface area (Å²) >= 11 is 0. The van der Waals surface area contributed by atoms with Crippen LogP contribution < -0.4 is 10.1 Å². The average Bonchev–Trinajstić information content (AvgIpc) is 3.43. The Kier molecular flexibility index (Phi) is 15.1. The zero-order chi connectivity index (χ0) is 47.2. The molecule has 5 rings (SSSR count). The molecule has 1 aromatic rings. The maximum atomic E-state index is 17.9. The largest absolute Gasteiger partial charge is 0.514 e. The van der Waals surface area contributed by atoms with Crippen molar-refractivity contribution in [1.29, 1.82) is 0 Å². The number of esters is 2. The van der Waals surface area contributed by atoms with Gasteiger partial charge >= 0.3 is 18.1 Å². The minimum absolute atomic E-state index is 0.00306. The van der Waals surface area contributed by atoms with Crippen LogP contribution in [0.5, 0.6) is 5.75 Å². The number of alkyl halides is 1. The van der Waals surface area contributed by atoms with Gasteiger partial charge in [0.2, 0.25) is 11.7 Å². The number of allylic oxidation sites excluding steroid dienone is 4. The zero-order valence-electron chi connectivity index (χ0n) is 35.7. The summed E-state index contributed by atoms with van der Waals surface area (Å²) in [6, 6.07) is 4.53. The number of rotatable bonds is 20. The maximum Gasteiger partial charge on any atom is 0.514 e. The molecule has 1 aromatic carbocycles. The van der Waals surface area contributed by atoms with E-state index >= 15 is 8.78 Å². The van der Waals surface area contributed by atoms with E-state index in [1.165, 1.54) is 57.2 Å². The minimum Gasteiger partial charge on any atom is -0.464 e. The molecule has 1 amide bonds.